The van der Waals surface area contributed by atoms with Gasteiger partial charge in [-0.25, -0.2) is 9.78 Å². The number of urea groups is 1. The fraction of sp³-hybridized carbons (Fsp3) is 0.323. The number of carbonyl (C=O) groups excluding carboxylic acids is 1. The van der Waals surface area contributed by atoms with Gasteiger partial charge in [-0.05, 0) is 76.6 Å². The van der Waals surface area contributed by atoms with Crippen LogP contribution in [0.3, 0.4) is 0 Å². The number of carbonyl (C=O) groups is 1. The summed E-state index contributed by atoms with van der Waals surface area (Å²) in [6.45, 7) is 8.92. The topological polar surface area (TPSA) is 108 Å². The van der Waals surface area contributed by atoms with Crippen LogP contribution in [0.5, 0.6) is 5.75 Å². The van der Waals surface area contributed by atoms with E-state index < -0.39 is 6.03 Å². The molecule has 4 rings (SSSR count). The Labute approximate surface area is 228 Å². The van der Waals surface area contributed by atoms with Crippen molar-refractivity contribution in [3.63, 3.8) is 0 Å². The van der Waals surface area contributed by atoms with E-state index in [9.17, 15) is 9.59 Å². The van der Waals surface area contributed by atoms with Crippen LogP contribution in [0.2, 0.25) is 0 Å². The smallest absolute Gasteiger partial charge is 0.326 e. The van der Waals surface area contributed by atoms with Crippen LogP contribution in [0, 0.1) is 0 Å². The van der Waals surface area contributed by atoms with Gasteiger partial charge in [-0.3, -0.25) is 9.69 Å². The van der Waals surface area contributed by atoms with Crippen LogP contribution in [0.15, 0.2) is 65.6 Å². The molecule has 2 aromatic heterocycles. The van der Waals surface area contributed by atoms with Crippen molar-refractivity contribution in [2.45, 2.75) is 46.0 Å². The minimum absolute atomic E-state index is 0.0873. The zero-order chi connectivity index (χ0) is 28.1. The van der Waals surface area contributed by atoms with E-state index in [0.717, 1.165) is 39.1 Å². The van der Waals surface area contributed by atoms with E-state index >= 15 is 0 Å². The Kier molecular flexibility index (Phi) is 8.66. The highest BCUT2D eigenvalue weighted by atomic mass is 16.5. The van der Waals surface area contributed by atoms with Crippen LogP contribution in [0.4, 0.5) is 16.2 Å². The Balaban J connectivity index is 1.70. The molecule has 2 heterocycles. The molecular weight excluding hydrogens is 492 g/mol. The van der Waals surface area contributed by atoms with Gasteiger partial charge in [0.25, 0.3) is 5.56 Å². The van der Waals surface area contributed by atoms with Crippen LogP contribution in [0.25, 0.3) is 22.2 Å². The highest BCUT2D eigenvalue weighted by molar-refractivity contribution is 6.03. The quantitative estimate of drug-likeness (QED) is 0.222. The van der Waals surface area contributed by atoms with Crippen molar-refractivity contribution in [1.29, 1.82) is 0 Å². The number of hydrogen-bond acceptors (Lipinski definition) is 5. The Morgan fingerprint density at radius 1 is 1.03 bits per heavy atom. The molecule has 0 atom stereocenters. The summed E-state index contributed by atoms with van der Waals surface area (Å²) in [6, 6.07) is 17.0. The molecule has 0 aliphatic rings. The molecule has 204 valence electrons. The van der Waals surface area contributed by atoms with Crippen molar-refractivity contribution in [1.82, 2.24) is 9.97 Å². The Hall–Kier alpha value is -4.17. The first-order valence-corrected chi connectivity index (χ1v) is 13.2. The number of rotatable bonds is 9. The summed E-state index contributed by atoms with van der Waals surface area (Å²) < 4.78 is 5.79. The molecule has 0 aliphatic heterocycles. The molecule has 4 aromatic rings. The maximum atomic E-state index is 13.5. The third-order valence-electron chi connectivity index (χ3n) is 6.68. The predicted octanol–water partition coefficient (Wildman–Crippen LogP) is 6.27. The number of benzene rings is 2. The SMILES string of the molecule is CC(C)c1cc(-c2cccc(OCCCO)c2)cc(C(C)C)c1NC(=O)N(C)c1cc2cccnc2[nH]c1=O. The van der Waals surface area contributed by atoms with Gasteiger partial charge in [-0.2, -0.15) is 0 Å². The number of hydrogen-bond donors (Lipinski definition) is 3. The standard InChI is InChI=1S/C31H36N4O4/c1-19(2)25-16-23(21-9-6-11-24(15-21)39-14-8-13-36)17-26(20(3)4)28(25)33-31(38)35(5)27-18-22-10-7-12-32-29(22)34-30(27)37/h6-7,9-12,15-20,36H,8,13-14H2,1-5H3,(H,33,38)(H,32,34,37). The summed E-state index contributed by atoms with van der Waals surface area (Å²) in [5.41, 5.74) is 5.12. The first-order valence-electron chi connectivity index (χ1n) is 13.2. The molecule has 8 heteroatoms. The maximum absolute atomic E-state index is 13.5. The van der Waals surface area contributed by atoms with Gasteiger partial charge in [-0.1, -0.05) is 39.8 Å². The first kappa shape index (κ1) is 27.9. The van der Waals surface area contributed by atoms with Crippen molar-refractivity contribution >= 4 is 28.4 Å². The van der Waals surface area contributed by atoms with Crippen LogP contribution in [0.1, 0.15) is 57.1 Å². The molecule has 8 nitrogen and oxygen atoms in total. The molecule has 0 bridgehead atoms. The number of aliphatic hydroxyl groups excluding tert-OH is 1. The predicted molar refractivity (Wildman–Crippen MR) is 157 cm³/mol. The Morgan fingerprint density at radius 3 is 2.41 bits per heavy atom. The van der Waals surface area contributed by atoms with Crippen molar-refractivity contribution in [2.75, 3.05) is 30.5 Å². The monoisotopic (exact) mass is 528 g/mol. The van der Waals surface area contributed by atoms with Crippen LogP contribution in [-0.4, -0.2) is 41.4 Å². The summed E-state index contributed by atoms with van der Waals surface area (Å²) in [5, 5.41) is 12.9. The van der Waals surface area contributed by atoms with Gasteiger partial charge in [0.05, 0.1) is 6.61 Å². The van der Waals surface area contributed by atoms with E-state index in [1.807, 2.05) is 30.3 Å². The highest BCUT2D eigenvalue weighted by Gasteiger charge is 2.22. The molecule has 0 aliphatic carbocycles. The zero-order valence-corrected chi connectivity index (χ0v) is 23.1. The second-order valence-corrected chi connectivity index (χ2v) is 10.2. The zero-order valence-electron chi connectivity index (χ0n) is 23.1. The average Bonchev–Trinajstić information content (AvgIpc) is 2.92. The average molecular weight is 529 g/mol. The van der Waals surface area contributed by atoms with Gasteiger partial charge in [0.15, 0.2) is 0 Å². The van der Waals surface area contributed by atoms with Crippen molar-refractivity contribution in [2.24, 2.45) is 0 Å². The molecule has 0 saturated carbocycles. The number of aliphatic hydroxyl groups is 1. The molecule has 0 saturated heterocycles. The number of amides is 2. The number of nitrogens with one attached hydrogen (secondary N) is 2. The van der Waals surface area contributed by atoms with E-state index in [4.69, 9.17) is 9.84 Å². The number of aromatic nitrogens is 2. The number of ether oxygens (including phenoxy) is 1. The molecule has 0 spiro atoms. The number of fused-ring (bicyclic) bond motifs is 1. The Bertz CT molecular complexity index is 1500. The molecule has 3 N–H and O–H groups in total. The van der Waals surface area contributed by atoms with Gasteiger partial charge < -0.3 is 20.1 Å². The van der Waals surface area contributed by atoms with Crippen LogP contribution < -0.4 is 20.5 Å². The summed E-state index contributed by atoms with van der Waals surface area (Å²) in [7, 11) is 1.59. The first-order chi connectivity index (χ1) is 18.7. The van der Waals surface area contributed by atoms with Gasteiger partial charge >= 0.3 is 6.03 Å². The lowest BCUT2D eigenvalue weighted by molar-refractivity contribution is 0.233. The summed E-state index contributed by atoms with van der Waals surface area (Å²) >= 11 is 0. The van der Waals surface area contributed by atoms with E-state index in [1.165, 1.54) is 4.90 Å². The molecule has 2 aromatic carbocycles. The second-order valence-electron chi connectivity index (χ2n) is 10.2. The van der Waals surface area contributed by atoms with E-state index in [-0.39, 0.29) is 29.7 Å². The molecule has 0 radical (unpaired) electrons. The molecule has 39 heavy (non-hydrogen) atoms. The lowest BCUT2D eigenvalue weighted by Crippen LogP contribution is -2.35. The fourth-order valence-electron chi connectivity index (χ4n) is 4.50. The third-order valence-corrected chi connectivity index (χ3v) is 6.68. The second kappa shape index (κ2) is 12.1. The number of H-pyrrole nitrogens is 1. The molecule has 0 unspecified atom stereocenters. The largest absolute Gasteiger partial charge is 0.493 e. The number of pyridine rings is 2. The van der Waals surface area contributed by atoms with E-state index in [0.29, 0.717) is 18.7 Å². The summed E-state index contributed by atoms with van der Waals surface area (Å²) in [5.74, 6) is 0.998. The maximum Gasteiger partial charge on any atom is 0.326 e. The Morgan fingerprint density at radius 2 is 1.74 bits per heavy atom. The lowest BCUT2D eigenvalue weighted by Gasteiger charge is -2.25. The van der Waals surface area contributed by atoms with Crippen molar-refractivity contribution < 1.29 is 14.6 Å². The molecular formula is C31H36N4O4. The van der Waals surface area contributed by atoms with E-state index in [2.05, 4.69) is 55.1 Å². The molecule has 0 fully saturated rings. The van der Waals surface area contributed by atoms with Gasteiger partial charge in [0.2, 0.25) is 0 Å². The van der Waals surface area contributed by atoms with Gasteiger partial charge in [0.1, 0.15) is 17.1 Å². The van der Waals surface area contributed by atoms with Gasteiger partial charge in [0, 0.05) is 37.3 Å². The van der Waals surface area contributed by atoms with E-state index in [1.54, 1.807) is 25.4 Å². The number of nitrogens with zero attached hydrogens (tertiary/aromatic N) is 2. The van der Waals surface area contributed by atoms with Crippen LogP contribution in [-0.2, 0) is 0 Å². The number of aromatic amines is 1. The lowest BCUT2D eigenvalue weighted by atomic mass is 9.88. The fourth-order valence-corrected chi connectivity index (χ4v) is 4.50. The normalized spacial score (nSPS) is 11.3. The van der Waals surface area contributed by atoms with Crippen molar-refractivity contribution in [3.05, 3.63) is 82.3 Å². The minimum Gasteiger partial charge on any atom is -0.493 e. The highest BCUT2D eigenvalue weighted by Crippen LogP contribution is 2.38. The van der Waals surface area contributed by atoms with Gasteiger partial charge in [-0.15, -0.1) is 0 Å². The van der Waals surface area contributed by atoms with Crippen LogP contribution >= 0.6 is 0 Å². The minimum atomic E-state index is -0.403. The summed E-state index contributed by atoms with van der Waals surface area (Å²) in [6.07, 6.45) is 2.18. The number of anilines is 2. The van der Waals surface area contributed by atoms with Crippen molar-refractivity contribution in [3.8, 4) is 16.9 Å². The third kappa shape index (κ3) is 6.29. The molecule has 2 amide bonds. The summed E-state index contributed by atoms with van der Waals surface area (Å²) in [4.78, 5) is 34.5.